The van der Waals surface area contributed by atoms with Gasteiger partial charge in [0.1, 0.15) is 0 Å². The molecule has 0 amide bonds. The summed E-state index contributed by atoms with van der Waals surface area (Å²) in [6.07, 6.45) is 0.833. The van der Waals surface area contributed by atoms with Crippen LogP contribution in [0, 0.1) is 0 Å². The average Bonchev–Trinajstić information content (AvgIpc) is 2.05. The number of carbonyl (C=O) groups is 1. The smallest absolute Gasteiger partial charge is 0.399 e. The van der Waals surface area contributed by atoms with Crippen LogP contribution < -0.4 is 0 Å². The Hall–Kier alpha value is -0.920. The van der Waals surface area contributed by atoms with Crippen molar-refractivity contribution in [2.45, 2.75) is 13.8 Å². The van der Waals surface area contributed by atoms with Crippen LogP contribution in [0.4, 0.5) is 0 Å². The lowest BCUT2D eigenvalue weighted by Gasteiger charge is -1.99. The first kappa shape index (κ1) is 15.5. The highest BCUT2D eigenvalue weighted by Gasteiger charge is 2.06. The van der Waals surface area contributed by atoms with Gasteiger partial charge in [-0.15, -0.1) is 0 Å². The largest absolute Gasteiger partial charge is 0.478 e. The highest BCUT2D eigenvalue weighted by molar-refractivity contribution is 7.81. The molecule has 0 atom stereocenters. The lowest BCUT2D eigenvalue weighted by Crippen LogP contribution is -2.09. The van der Waals surface area contributed by atoms with Gasteiger partial charge >= 0.3 is 16.4 Å². The normalized spacial score (nSPS) is 9.86. The molecule has 14 heavy (non-hydrogen) atoms. The van der Waals surface area contributed by atoms with Crippen LogP contribution in [0.3, 0.4) is 0 Å². The van der Waals surface area contributed by atoms with Crippen molar-refractivity contribution in [2.24, 2.45) is 0 Å². The predicted octanol–water partition coefficient (Wildman–Crippen LogP) is 0.561. The number of aliphatic carboxylic acids is 1. The van der Waals surface area contributed by atoms with Gasteiger partial charge < -0.3 is 5.11 Å². The molecule has 0 saturated carbocycles. The molecule has 0 aromatic carbocycles. The SMILES string of the molecule is C=CC(=O)O.CCOS(=O)(=O)OCC. The Balaban J connectivity index is 0. The summed E-state index contributed by atoms with van der Waals surface area (Å²) in [7, 11) is -3.68. The van der Waals surface area contributed by atoms with Crippen molar-refractivity contribution < 1.29 is 26.7 Å². The van der Waals surface area contributed by atoms with Gasteiger partial charge in [0, 0.05) is 6.08 Å². The summed E-state index contributed by atoms with van der Waals surface area (Å²) < 4.78 is 29.2. The molecule has 7 heteroatoms. The zero-order valence-corrected chi connectivity index (χ0v) is 8.91. The maximum absolute atomic E-state index is 10.4. The molecule has 0 unspecified atom stereocenters. The fraction of sp³-hybridized carbons (Fsp3) is 0.571. The van der Waals surface area contributed by atoms with Crippen molar-refractivity contribution in [2.75, 3.05) is 13.2 Å². The molecular formula is C7H14O6S. The lowest BCUT2D eigenvalue weighted by molar-refractivity contribution is -0.131. The van der Waals surface area contributed by atoms with Crippen molar-refractivity contribution in [3.8, 4) is 0 Å². The van der Waals surface area contributed by atoms with Gasteiger partial charge in [-0.2, -0.15) is 8.42 Å². The Morgan fingerprint density at radius 3 is 1.79 bits per heavy atom. The van der Waals surface area contributed by atoms with Crippen molar-refractivity contribution in [3.05, 3.63) is 12.7 Å². The molecule has 6 nitrogen and oxygen atoms in total. The standard InChI is InChI=1S/C4H10O4S.C3H4O2/c1-3-7-9(5,6)8-4-2;1-2-3(4)5/h3-4H2,1-2H3;2H,1H2,(H,4,5). The molecule has 0 rings (SSSR count). The van der Waals surface area contributed by atoms with E-state index in [-0.39, 0.29) is 13.2 Å². The van der Waals surface area contributed by atoms with E-state index >= 15 is 0 Å². The molecule has 0 bridgehead atoms. The zero-order valence-electron chi connectivity index (χ0n) is 8.10. The summed E-state index contributed by atoms with van der Waals surface area (Å²) in [5.74, 6) is -0.981. The summed E-state index contributed by atoms with van der Waals surface area (Å²) in [6.45, 7) is 6.35. The number of hydrogen-bond acceptors (Lipinski definition) is 5. The fourth-order valence-electron chi connectivity index (χ4n) is 0.323. The van der Waals surface area contributed by atoms with Gasteiger partial charge in [0.25, 0.3) is 0 Å². The van der Waals surface area contributed by atoms with Gasteiger partial charge in [-0.25, -0.2) is 13.2 Å². The summed E-state index contributed by atoms with van der Waals surface area (Å²) >= 11 is 0. The van der Waals surface area contributed by atoms with Crippen molar-refractivity contribution in [1.29, 1.82) is 0 Å². The third-order valence-corrected chi connectivity index (χ3v) is 1.75. The van der Waals surface area contributed by atoms with E-state index < -0.39 is 16.4 Å². The molecular weight excluding hydrogens is 212 g/mol. The minimum absolute atomic E-state index is 0.113. The Labute approximate surface area is 83.5 Å². The highest BCUT2D eigenvalue weighted by Crippen LogP contribution is 1.93. The van der Waals surface area contributed by atoms with E-state index in [2.05, 4.69) is 14.9 Å². The molecule has 0 saturated heterocycles. The summed E-state index contributed by atoms with van der Waals surface area (Å²) in [5.41, 5.74) is 0. The van der Waals surface area contributed by atoms with Crippen molar-refractivity contribution in [3.63, 3.8) is 0 Å². The predicted molar refractivity (Wildman–Crippen MR) is 50.0 cm³/mol. The number of carboxylic acids is 1. The van der Waals surface area contributed by atoms with Gasteiger partial charge in [-0.05, 0) is 13.8 Å². The van der Waals surface area contributed by atoms with E-state index in [0.717, 1.165) is 6.08 Å². The molecule has 0 aromatic heterocycles. The second-order valence-corrected chi connectivity index (χ2v) is 3.05. The zero-order chi connectivity index (χ0) is 11.6. The van der Waals surface area contributed by atoms with Crippen LogP contribution in [0.1, 0.15) is 13.8 Å². The Kier molecular flexibility index (Phi) is 9.63. The Bertz CT molecular complexity index is 243. The van der Waals surface area contributed by atoms with Crippen molar-refractivity contribution >= 4 is 16.4 Å². The first-order valence-electron chi connectivity index (χ1n) is 3.78. The minimum Gasteiger partial charge on any atom is -0.478 e. The summed E-state index contributed by atoms with van der Waals surface area (Å²) in [6, 6.07) is 0. The average molecular weight is 226 g/mol. The Morgan fingerprint density at radius 1 is 1.36 bits per heavy atom. The van der Waals surface area contributed by atoms with Gasteiger partial charge in [0.05, 0.1) is 13.2 Å². The molecule has 0 heterocycles. The molecule has 0 aromatic rings. The maximum atomic E-state index is 10.4. The molecule has 0 aliphatic heterocycles. The van der Waals surface area contributed by atoms with Gasteiger partial charge in [-0.3, -0.25) is 0 Å². The second kappa shape index (κ2) is 8.67. The lowest BCUT2D eigenvalue weighted by atomic mass is 10.7. The molecule has 0 fully saturated rings. The minimum atomic E-state index is -3.68. The number of hydrogen-bond donors (Lipinski definition) is 1. The number of carboxylic acid groups (broad SMARTS) is 1. The maximum Gasteiger partial charge on any atom is 0.399 e. The van der Waals surface area contributed by atoms with Crippen molar-refractivity contribution in [1.82, 2.24) is 0 Å². The topological polar surface area (TPSA) is 89.9 Å². The van der Waals surface area contributed by atoms with Gasteiger partial charge in [-0.1, -0.05) is 6.58 Å². The van der Waals surface area contributed by atoms with Crippen LogP contribution in [0.5, 0.6) is 0 Å². The van der Waals surface area contributed by atoms with Crippen LogP contribution in [0.15, 0.2) is 12.7 Å². The van der Waals surface area contributed by atoms with E-state index in [1.165, 1.54) is 0 Å². The van der Waals surface area contributed by atoms with Crippen LogP contribution >= 0.6 is 0 Å². The van der Waals surface area contributed by atoms with Gasteiger partial charge in [0.2, 0.25) is 0 Å². The van der Waals surface area contributed by atoms with Crippen LogP contribution in [0.25, 0.3) is 0 Å². The molecule has 84 valence electrons. The number of rotatable bonds is 5. The molecule has 0 radical (unpaired) electrons. The third-order valence-electron chi connectivity index (χ3n) is 0.699. The van der Waals surface area contributed by atoms with Crippen LogP contribution in [-0.4, -0.2) is 32.7 Å². The molecule has 1 N–H and O–H groups in total. The molecule has 0 spiro atoms. The van der Waals surface area contributed by atoms with E-state index in [1.807, 2.05) is 0 Å². The van der Waals surface area contributed by atoms with Gasteiger partial charge in [0.15, 0.2) is 0 Å². The first-order valence-corrected chi connectivity index (χ1v) is 5.12. The quantitative estimate of drug-likeness (QED) is 0.689. The summed E-state index contributed by atoms with van der Waals surface area (Å²) in [4.78, 5) is 9.25. The fourth-order valence-corrected chi connectivity index (χ4v) is 0.968. The van der Waals surface area contributed by atoms with Crippen LogP contribution in [-0.2, 0) is 23.6 Å². The highest BCUT2D eigenvalue weighted by atomic mass is 32.3. The van der Waals surface area contributed by atoms with Crippen LogP contribution in [0.2, 0.25) is 0 Å². The summed E-state index contributed by atoms with van der Waals surface area (Å²) in [5, 5.41) is 7.60. The molecule has 0 aliphatic rings. The second-order valence-electron chi connectivity index (χ2n) is 1.76. The van der Waals surface area contributed by atoms with E-state index in [9.17, 15) is 13.2 Å². The van der Waals surface area contributed by atoms with E-state index in [0.29, 0.717) is 0 Å². The van der Waals surface area contributed by atoms with E-state index in [1.54, 1.807) is 13.8 Å². The monoisotopic (exact) mass is 226 g/mol. The first-order chi connectivity index (χ1) is 6.39. The Morgan fingerprint density at radius 2 is 1.64 bits per heavy atom. The third kappa shape index (κ3) is 13.7. The van der Waals surface area contributed by atoms with E-state index in [4.69, 9.17) is 5.11 Å². The molecule has 0 aliphatic carbocycles.